The number of nitrogens with zero attached hydrogens (tertiary/aromatic N) is 3. The van der Waals surface area contributed by atoms with Gasteiger partial charge in [-0.2, -0.15) is 10.5 Å². The van der Waals surface area contributed by atoms with Crippen molar-refractivity contribution in [3.8, 4) is 12.1 Å². The standard InChI is InChI=1S/C19H12N4O5/c20-9-13(10-21)11-22-16-5-1-4-15(7-16)19(25)28-12-18(24)14-3-2-6-17(8-14)23(26)27/h1-8,11,22H,12H2. The van der Waals surface area contributed by atoms with Crippen LogP contribution in [0.25, 0.3) is 0 Å². The smallest absolute Gasteiger partial charge is 0.338 e. The maximum absolute atomic E-state index is 12.1. The molecule has 0 atom stereocenters. The molecule has 0 fully saturated rings. The van der Waals surface area contributed by atoms with Crippen LogP contribution in [0.2, 0.25) is 0 Å². The molecular weight excluding hydrogens is 364 g/mol. The summed E-state index contributed by atoms with van der Waals surface area (Å²) in [4.78, 5) is 34.3. The minimum absolute atomic E-state index is 0.0584. The van der Waals surface area contributed by atoms with Crippen molar-refractivity contribution < 1.29 is 19.2 Å². The first-order valence-corrected chi connectivity index (χ1v) is 7.76. The second-order valence-corrected chi connectivity index (χ2v) is 5.31. The van der Waals surface area contributed by atoms with Crippen molar-refractivity contribution >= 4 is 23.1 Å². The van der Waals surface area contributed by atoms with E-state index in [1.165, 1.54) is 36.5 Å². The number of carbonyl (C=O) groups excluding carboxylic acids is 2. The van der Waals surface area contributed by atoms with Crippen molar-refractivity contribution in [3.63, 3.8) is 0 Å². The van der Waals surface area contributed by atoms with Crippen molar-refractivity contribution in [1.29, 1.82) is 10.5 Å². The van der Waals surface area contributed by atoms with Gasteiger partial charge in [0.05, 0.1) is 10.5 Å². The van der Waals surface area contributed by atoms with Gasteiger partial charge in [0.25, 0.3) is 5.69 Å². The Morgan fingerprint density at radius 2 is 1.79 bits per heavy atom. The van der Waals surface area contributed by atoms with Gasteiger partial charge in [-0.25, -0.2) is 4.79 Å². The summed E-state index contributed by atoms with van der Waals surface area (Å²) < 4.78 is 4.96. The molecule has 0 bridgehead atoms. The molecule has 0 heterocycles. The Bertz CT molecular complexity index is 1030. The third kappa shape index (κ3) is 5.25. The van der Waals surface area contributed by atoms with Crippen LogP contribution in [-0.4, -0.2) is 23.3 Å². The first-order valence-electron chi connectivity index (χ1n) is 7.76. The fourth-order valence-electron chi connectivity index (χ4n) is 2.07. The molecule has 0 amide bonds. The van der Waals surface area contributed by atoms with Gasteiger partial charge in [0.1, 0.15) is 17.7 Å². The van der Waals surface area contributed by atoms with Gasteiger partial charge in [-0.05, 0) is 18.2 Å². The number of non-ortho nitro benzene ring substituents is 1. The summed E-state index contributed by atoms with van der Waals surface area (Å²) in [6, 6.07) is 14.5. The molecule has 138 valence electrons. The van der Waals surface area contributed by atoms with Crippen molar-refractivity contribution in [2.45, 2.75) is 0 Å². The van der Waals surface area contributed by atoms with Gasteiger partial charge < -0.3 is 10.1 Å². The summed E-state index contributed by atoms with van der Waals surface area (Å²) in [7, 11) is 0. The van der Waals surface area contributed by atoms with Crippen LogP contribution in [0, 0.1) is 32.8 Å². The second-order valence-electron chi connectivity index (χ2n) is 5.31. The van der Waals surface area contributed by atoms with E-state index >= 15 is 0 Å². The van der Waals surface area contributed by atoms with Crippen LogP contribution in [0.5, 0.6) is 0 Å². The largest absolute Gasteiger partial charge is 0.454 e. The van der Waals surface area contributed by atoms with Gasteiger partial charge in [0.2, 0.25) is 5.78 Å². The normalized spacial score (nSPS) is 9.36. The number of Topliss-reactive ketones (excluding diaryl/α,β-unsaturated/α-hetero) is 1. The second kappa shape index (κ2) is 9.27. The number of ketones is 1. The van der Waals surface area contributed by atoms with Gasteiger partial charge in [-0.3, -0.25) is 14.9 Å². The van der Waals surface area contributed by atoms with Crippen molar-refractivity contribution in [3.05, 3.63) is 81.5 Å². The molecule has 2 aromatic carbocycles. The zero-order valence-corrected chi connectivity index (χ0v) is 14.3. The molecule has 9 nitrogen and oxygen atoms in total. The van der Waals surface area contributed by atoms with Crippen LogP contribution in [-0.2, 0) is 4.74 Å². The van der Waals surface area contributed by atoms with E-state index in [0.29, 0.717) is 5.69 Å². The fourth-order valence-corrected chi connectivity index (χ4v) is 2.07. The summed E-state index contributed by atoms with van der Waals surface area (Å²) in [6.45, 7) is -0.579. The van der Waals surface area contributed by atoms with Crippen LogP contribution >= 0.6 is 0 Å². The summed E-state index contributed by atoms with van der Waals surface area (Å²) in [6.07, 6.45) is 1.19. The molecule has 0 radical (unpaired) electrons. The third-order valence-corrected chi connectivity index (χ3v) is 3.44. The number of nitro benzene ring substituents is 1. The van der Waals surface area contributed by atoms with E-state index in [1.807, 2.05) is 0 Å². The molecule has 0 aliphatic heterocycles. The topological polar surface area (TPSA) is 146 Å². The number of ether oxygens (including phenoxy) is 1. The van der Waals surface area contributed by atoms with Gasteiger partial charge in [-0.15, -0.1) is 0 Å². The summed E-state index contributed by atoms with van der Waals surface area (Å²) in [5, 5.41) is 30.8. The molecule has 2 rings (SSSR count). The number of carbonyl (C=O) groups is 2. The lowest BCUT2D eigenvalue weighted by Gasteiger charge is -2.06. The van der Waals surface area contributed by atoms with Crippen LogP contribution in [0.1, 0.15) is 20.7 Å². The molecule has 9 heteroatoms. The average molecular weight is 376 g/mol. The first kappa shape index (κ1) is 19.8. The van der Waals surface area contributed by atoms with E-state index in [0.717, 1.165) is 6.07 Å². The van der Waals surface area contributed by atoms with E-state index in [-0.39, 0.29) is 22.4 Å². The monoisotopic (exact) mass is 376 g/mol. The number of allylic oxidation sites excluding steroid dienone is 1. The predicted octanol–water partition coefficient (Wildman–Crippen LogP) is 2.98. The molecule has 0 spiro atoms. The Kier molecular flexibility index (Phi) is 6.56. The van der Waals surface area contributed by atoms with Gasteiger partial charge in [0, 0.05) is 29.6 Å². The number of hydrogen-bond acceptors (Lipinski definition) is 8. The number of esters is 1. The minimum Gasteiger partial charge on any atom is -0.454 e. The molecule has 0 saturated heterocycles. The molecule has 0 unspecified atom stereocenters. The predicted molar refractivity (Wildman–Crippen MR) is 97.1 cm³/mol. The molecule has 0 aromatic heterocycles. The van der Waals surface area contributed by atoms with Crippen LogP contribution in [0.3, 0.4) is 0 Å². The molecule has 1 N–H and O–H groups in total. The summed E-state index contributed by atoms with van der Waals surface area (Å²) in [5.41, 5.74) is 0.250. The highest BCUT2D eigenvalue weighted by Gasteiger charge is 2.15. The Morgan fingerprint density at radius 3 is 2.46 bits per heavy atom. The highest BCUT2D eigenvalue weighted by Crippen LogP contribution is 2.15. The number of hydrogen-bond donors (Lipinski definition) is 1. The maximum atomic E-state index is 12.1. The first-order chi connectivity index (χ1) is 13.4. The third-order valence-electron chi connectivity index (χ3n) is 3.44. The van der Waals surface area contributed by atoms with Crippen molar-refractivity contribution in [2.24, 2.45) is 0 Å². The van der Waals surface area contributed by atoms with Crippen molar-refractivity contribution in [1.82, 2.24) is 0 Å². The van der Waals surface area contributed by atoms with E-state index in [2.05, 4.69) is 5.32 Å². The number of rotatable bonds is 7. The zero-order valence-electron chi connectivity index (χ0n) is 14.3. The molecular formula is C19H12N4O5. The van der Waals surface area contributed by atoms with Gasteiger partial charge in [-0.1, -0.05) is 18.2 Å². The quantitative estimate of drug-likeness (QED) is 0.255. The van der Waals surface area contributed by atoms with Crippen LogP contribution in [0.4, 0.5) is 11.4 Å². The van der Waals surface area contributed by atoms with E-state index in [9.17, 15) is 19.7 Å². The molecule has 0 saturated carbocycles. The Labute approximate surface area is 159 Å². The molecule has 2 aromatic rings. The van der Waals surface area contributed by atoms with Crippen molar-refractivity contribution in [2.75, 3.05) is 11.9 Å². The van der Waals surface area contributed by atoms with Gasteiger partial charge >= 0.3 is 5.97 Å². The Hall–Kier alpha value is -4.50. The Balaban J connectivity index is 2.03. The minimum atomic E-state index is -0.771. The lowest BCUT2D eigenvalue weighted by molar-refractivity contribution is -0.384. The number of benzene rings is 2. The number of nitriles is 2. The summed E-state index contributed by atoms with van der Waals surface area (Å²) in [5.74, 6) is -1.35. The molecule has 0 aliphatic rings. The highest BCUT2D eigenvalue weighted by atomic mass is 16.6. The lowest BCUT2D eigenvalue weighted by Crippen LogP contribution is -2.14. The number of nitro groups is 1. The SMILES string of the molecule is N#CC(C#N)=CNc1cccc(C(=O)OCC(=O)c2cccc([N+](=O)[O-])c2)c1. The highest BCUT2D eigenvalue weighted by molar-refractivity contribution is 5.99. The van der Waals surface area contributed by atoms with E-state index in [4.69, 9.17) is 15.3 Å². The summed E-state index contributed by atoms with van der Waals surface area (Å²) >= 11 is 0. The lowest BCUT2D eigenvalue weighted by atomic mass is 10.1. The maximum Gasteiger partial charge on any atom is 0.338 e. The van der Waals surface area contributed by atoms with Gasteiger partial charge in [0.15, 0.2) is 6.61 Å². The van der Waals surface area contributed by atoms with E-state index < -0.39 is 23.3 Å². The molecule has 28 heavy (non-hydrogen) atoms. The zero-order chi connectivity index (χ0) is 20.5. The number of anilines is 1. The average Bonchev–Trinajstić information content (AvgIpc) is 2.72. The van der Waals surface area contributed by atoms with Crippen LogP contribution in [0.15, 0.2) is 60.3 Å². The van der Waals surface area contributed by atoms with Crippen LogP contribution < -0.4 is 5.32 Å². The van der Waals surface area contributed by atoms with E-state index in [1.54, 1.807) is 24.3 Å². The Morgan fingerprint density at radius 1 is 1.11 bits per heavy atom. The molecule has 0 aliphatic carbocycles. The fraction of sp³-hybridized carbons (Fsp3) is 0.0526. The number of nitrogens with one attached hydrogen (secondary N) is 1.